The van der Waals surface area contributed by atoms with Crippen molar-refractivity contribution in [1.82, 2.24) is 4.90 Å². The molecule has 106 valence electrons. The molecule has 4 nitrogen and oxygen atoms in total. The number of hydrogen-bond acceptors (Lipinski definition) is 3. The van der Waals surface area contributed by atoms with Gasteiger partial charge in [0.25, 0.3) is 0 Å². The maximum absolute atomic E-state index is 12.1. The monoisotopic (exact) mass is 265 g/mol. The molecule has 2 aliphatic rings. The minimum Gasteiger partial charge on any atom is -0.444 e. The van der Waals surface area contributed by atoms with Crippen molar-refractivity contribution in [2.45, 2.75) is 46.1 Å². The smallest absolute Gasteiger partial charge is 0.410 e. The van der Waals surface area contributed by atoms with E-state index >= 15 is 0 Å². The van der Waals surface area contributed by atoms with E-state index in [4.69, 9.17) is 4.74 Å². The second-order valence-electron chi connectivity index (χ2n) is 6.65. The summed E-state index contributed by atoms with van der Waals surface area (Å²) in [6.07, 6.45) is 2.93. The third-order valence-corrected chi connectivity index (χ3v) is 3.77. The molecule has 0 unspecified atom stereocenters. The first-order chi connectivity index (χ1) is 8.76. The summed E-state index contributed by atoms with van der Waals surface area (Å²) < 4.78 is 5.41. The minimum absolute atomic E-state index is 0.226. The maximum Gasteiger partial charge on any atom is 0.410 e. The van der Waals surface area contributed by atoms with E-state index in [0.717, 1.165) is 6.42 Å². The van der Waals surface area contributed by atoms with Gasteiger partial charge in [-0.1, -0.05) is 12.5 Å². The Balaban J connectivity index is 2.04. The zero-order valence-electron chi connectivity index (χ0n) is 12.2. The Morgan fingerprint density at radius 3 is 2.74 bits per heavy atom. The number of carbonyl (C=O) groups excluding carboxylic acids is 2. The highest BCUT2D eigenvalue weighted by Crippen LogP contribution is 2.35. The second-order valence-corrected chi connectivity index (χ2v) is 6.65. The first-order valence-corrected chi connectivity index (χ1v) is 6.97. The molecule has 4 heteroatoms. The van der Waals surface area contributed by atoms with Gasteiger partial charge in [0.2, 0.25) is 0 Å². The standard InChI is InChI=1S/C15H23NO3/c1-10-7-12(17)8-11-5-6-16(9-13(10)11)14(18)19-15(2,3)4/h8,10,13H,5-7,9H2,1-4H3/t10-,13+/m0/s1. The van der Waals surface area contributed by atoms with Crippen LogP contribution in [-0.2, 0) is 9.53 Å². The van der Waals surface area contributed by atoms with Gasteiger partial charge < -0.3 is 9.64 Å². The number of nitrogens with zero attached hydrogens (tertiary/aromatic N) is 1. The predicted octanol–water partition coefficient (Wildman–Crippen LogP) is 2.78. The number of ether oxygens (including phenoxy) is 1. The summed E-state index contributed by atoms with van der Waals surface area (Å²) in [7, 11) is 0. The third kappa shape index (κ3) is 3.37. The topological polar surface area (TPSA) is 46.6 Å². The number of allylic oxidation sites excluding steroid dienone is 1. The SMILES string of the molecule is C[C@H]1CC(=O)C=C2CCN(C(=O)OC(C)(C)C)C[C@@H]21. The number of rotatable bonds is 0. The molecule has 0 saturated carbocycles. The Labute approximate surface area is 114 Å². The number of hydrogen-bond donors (Lipinski definition) is 0. The lowest BCUT2D eigenvalue weighted by atomic mass is 9.76. The highest BCUT2D eigenvalue weighted by Gasteiger charge is 2.35. The molecule has 0 spiro atoms. The van der Waals surface area contributed by atoms with Gasteiger partial charge in [-0.3, -0.25) is 4.79 Å². The fraction of sp³-hybridized carbons (Fsp3) is 0.733. The molecular formula is C15H23NO3. The van der Waals surface area contributed by atoms with E-state index in [2.05, 4.69) is 6.92 Å². The largest absolute Gasteiger partial charge is 0.444 e. The Bertz CT molecular complexity index is 420. The van der Waals surface area contributed by atoms with Crippen LogP contribution in [0, 0.1) is 11.8 Å². The zero-order chi connectivity index (χ0) is 14.2. The second kappa shape index (κ2) is 4.99. The third-order valence-electron chi connectivity index (χ3n) is 3.77. The van der Waals surface area contributed by atoms with Gasteiger partial charge in [-0.25, -0.2) is 4.79 Å². The van der Waals surface area contributed by atoms with Gasteiger partial charge in [-0.2, -0.15) is 0 Å². The summed E-state index contributed by atoms with van der Waals surface area (Å²) in [4.78, 5) is 25.4. The van der Waals surface area contributed by atoms with E-state index in [9.17, 15) is 9.59 Å². The summed E-state index contributed by atoms with van der Waals surface area (Å²) in [6, 6.07) is 0. The Morgan fingerprint density at radius 2 is 2.11 bits per heavy atom. The first-order valence-electron chi connectivity index (χ1n) is 6.97. The van der Waals surface area contributed by atoms with Crippen molar-refractivity contribution < 1.29 is 14.3 Å². The maximum atomic E-state index is 12.1. The van der Waals surface area contributed by atoms with Gasteiger partial charge in [-0.15, -0.1) is 0 Å². The number of fused-ring (bicyclic) bond motifs is 1. The number of likely N-dealkylation sites (tertiary alicyclic amines) is 1. The molecule has 0 N–H and O–H groups in total. The quantitative estimate of drug-likeness (QED) is 0.676. The summed E-state index contributed by atoms with van der Waals surface area (Å²) in [5, 5.41) is 0. The lowest BCUT2D eigenvalue weighted by molar-refractivity contribution is -0.116. The molecule has 1 saturated heterocycles. The average molecular weight is 265 g/mol. The molecule has 1 fully saturated rings. The molecule has 1 aliphatic heterocycles. The Hall–Kier alpha value is -1.32. The van der Waals surface area contributed by atoms with Gasteiger partial charge in [0.1, 0.15) is 5.60 Å². The number of amides is 1. The van der Waals surface area contributed by atoms with Crippen molar-refractivity contribution in [2.24, 2.45) is 11.8 Å². The molecule has 0 radical (unpaired) electrons. The summed E-state index contributed by atoms with van der Waals surface area (Å²) in [5.41, 5.74) is 0.755. The molecule has 1 amide bonds. The van der Waals surface area contributed by atoms with Crippen molar-refractivity contribution >= 4 is 11.9 Å². The molecule has 2 atom stereocenters. The van der Waals surface area contributed by atoms with Gasteiger partial charge in [0, 0.05) is 25.4 Å². The Morgan fingerprint density at radius 1 is 1.42 bits per heavy atom. The summed E-state index contributed by atoms with van der Waals surface area (Å²) in [5.74, 6) is 0.862. The average Bonchev–Trinajstić information content (AvgIpc) is 2.25. The number of piperidine rings is 1. The summed E-state index contributed by atoms with van der Waals surface area (Å²) in [6.45, 7) is 9.05. The molecule has 0 aromatic rings. The van der Waals surface area contributed by atoms with Crippen molar-refractivity contribution in [3.8, 4) is 0 Å². The molecule has 1 heterocycles. The van der Waals surface area contributed by atoms with Crippen LogP contribution in [0.5, 0.6) is 0 Å². The van der Waals surface area contributed by atoms with Gasteiger partial charge in [0.15, 0.2) is 5.78 Å². The van der Waals surface area contributed by atoms with E-state index in [-0.39, 0.29) is 11.9 Å². The Kier molecular flexibility index (Phi) is 3.70. The van der Waals surface area contributed by atoms with E-state index in [1.54, 1.807) is 11.0 Å². The number of ketones is 1. The van der Waals surface area contributed by atoms with Crippen LogP contribution < -0.4 is 0 Å². The molecule has 19 heavy (non-hydrogen) atoms. The first kappa shape index (κ1) is 14.1. The molecule has 2 rings (SSSR count). The normalized spacial score (nSPS) is 27.7. The van der Waals surface area contributed by atoms with Crippen LogP contribution in [0.4, 0.5) is 4.79 Å². The molecule has 0 bridgehead atoms. The minimum atomic E-state index is -0.457. The fourth-order valence-electron chi connectivity index (χ4n) is 2.84. The highest BCUT2D eigenvalue weighted by atomic mass is 16.6. The van der Waals surface area contributed by atoms with Crippen LogP contribution in [0.2, 0.25) is 0 Å². The van der Waals surface area contributed by atoms with Crippen molar-refractivity contribution in [1.29, 1.82) is 0 Å². The van der Waals surface area contributed by atoms with Crippen molar-refractivity contribution in [3.05, 3.63) is 11.6 Å². The fourth-order valence-corrected chi connectivity index (χ4v) is 2.84. The van der Waals surface area contributed by atoms with Crippen LogP contribution in [0.3, 0.4) is 0 Å². The van der Waals surface area contributed by atoms with Gasteiger partial charge in [0.05, 0.1) is 0 Å². The van der Waals surface area contributed by atoms with E-state index in [1.165, 1.54) is 5.57 Å². The van der Waals surface area contributed by atoms with E-state index in [1.807, 2.05) is 20.8 Å². The highest BCUT2D eigenvalue weighted by molar-refractivity contribution is 5.91. The summed E-state index contributed by atoms with van der Waals surface area (Å²) >= 11 is 0. The van der Waals surface area contributed by atoms with Crippen LogP contribution in [0.1, 0.15) is 40.5 Å². The van der Waals surface area contributed by atoms with Gasteiger partial charge >= 0.3 is 6.09 Å². The lowest BCUT2D eigenvalue weighted by Crippen LogP contribution is -2.46. The zero-order valence-corrected chi connectivity index (χ0v) is 12.2. The van der Waals surface area contributed by atoms with Crippen LogP contribution >= 0.6 is 0 Å². The predicted molar refractivity (Wildman–Crippen MR) is 72.8 cm³/mol. The lowest BCUT2D eigenvalue weighted by Gasteiger charge is -2.39. The van der Waals surface area contributed by atoms with Crippen molar-refractivity contribution in [2.75, 3.05) is 13.1 Å². The van der Waals surface area contributed by atoms with E-state index in [0.29, 0.717) is 31.3 Å². The molecule has 1 aliphatic carbocycles. The van der Waals surface area contributed by atoms with Crippen LogP contribution in [0.15, 0.2) is 11.6 Å². The number of carbonyl (C=O) groups is 2. The van der Waals surface area contributed by atoms with Gasteiger partial charge in [-0.05, 0) is 39.2 Å². The van der Waals surface area contributed by atoms with Crippen molar-refractivity contribution in [3.63, 3.8) is 0 Å². The van der Waals surface area contributed by atoms with Crippen LogP contribution in [0.25, 0.3) is 0 Å². The molecule has 0 aromatic carbocycles. The van der Waals surface area contributed by atoms with E-state index < -0.39 is 5.60 Å². The van der Waals surface area contributed by atoms with Crippen LogP contribution in [-0.4, -0.2) is 35.5 Å². The molecule has 0 aromatic heterocycles. The molecular weight excluding hydrogens is 242 g/mol.